The Bertz CT molecular complexity index is 610. The van der Waals surface area contributed by atoms with E-state index >= 15 is 0 Å². The first-order valence-corrected chi connectivity index (χ1v) is 15.1. The van der Waals surface area contributed by atoms with E-state index in [1.807, 2.05) is 0 Å². The first-order chi connectivity index (χ1) is 15.8. The van der Waals surface area contributed by atoms with Crippen molar-refractivity contribution in [1.29, 1.82) is 0 Å². The van der Waals surface area contributed by atoms with E-state index in [4.69, 9.17) is 13.2 Å². The van der Waals surface area contributed by atoms with Crippen LogP contribution >= 0.6 is 0 Å². The average Bonchev–Trinajstić information content (AvgIpc) is 2.77. The maximum atomic E-state index is 4.81. The van der Waals surface area contributed by atoms with Crippen LogP contribution in [0.4, 0.5) is 0 Å². The highest BCUT2D eigenvalue weighted by Gasteiger charge is 2.46. The van der Waals surface area contributed by atoms with Crippen LogP contribution in [0.1, 0.15) is 131 Å². The standard InChI is InChI=1S/C33H58/c1-23(2)11-8-13-25(5)14-10-16-29-18-20-31-26(6)30-19-17-28(15-9-12-24(3)4)21-32(30)27(7)33(31)22-29/h23-25,28-33H,6-22H2,1-5H3. The van der Waals surface area contributed by atoms with Gasteiger partial charge in [0.2, 0.25) is 0 Å². The molecule has 0 aromatic carbocycles. The molecule has 0 spiro atoms. The average molecular weight is 455 g/mol. The molecule has 3 aliphatic carbocycles. The Morgan fingerprint density at radius 2 is 1.00 bits per heavy atom. The van der Waals surface area contributed by atoms with Crippen LogP contribution < -0.4 is 0 Å². The molecular formula is C33H58. The number of allylic oxidation sites excluding steroid dienone is 2. The first-order valence-electron chi connectivity index (χ1n) is 15.1. The molecule has 0 heteroatoms. The largest absolute Gasteiger partial charge is 0.0993 e. The van der Waals surface area contributed by atoms with Gasteiger partial charge in [-0.25, -0.2) is 0 Å². The van der Waals surface area contributed by atoms with Crippen molar-refractivity contribution >= 4 is 0 Å². The van der Waals surface area contributed by atoms with Crippen molar-refractivity contribution in [2.75, 3.05) is 0 Å². The number of hydrogen-bond donors (Lipinski definition) is 0. The van der Waals surface area contributed by atoms with E-state index in [1.165, 1.54) is 96.3 Å². The molecule has 190 valence electrons. The van der Waals surface area contributed by atoms with Gasteiger partial charge in [0, 0.05) is 0 Å². The van der Waals surface area contributed by atoms with Crippen molar-refractivity contribution in [3.05, 3.63) is 24.3 Å². The maximum absolute atomic E-state index is 4.81. The van der Waals surface area contributed by atoms with E-state index in [-0.39, 0.29) is 0 Å². The predicted octanol–water partition coefficient (Wildman–Crippen LogP) is 10.6. The van der Waals surface area contributed by atoms with Gasteiger partial charge in [-0.1, -0.05) is 117 Å². The Balaban J connectivity index is 1.46. The van der Waals surface area contributed by atoms with E-state index in [0.717, 1.165) is 53.3 Å². The zero-order chi connectivity index (χ0) is 24.0. The fraction of sp³-hybridized carbons (Fsp3) is 0.879. The fourth-order valence-electron chi connectivity index (χ4n) is 7.89. The summed E-state index contributed by atoms with van der Waals surface area (Å²) in [6.45, 7) is 21.5. The molecule has 0 saturated heterocycles. The lowest BCUT2D eigenvalue weighted by atomic mass is 9.53. The minimum Gasteiger partial charge on any atom is -0.0993 e. The summed E-state index contributed by atoms with van der Waals surface area (Å²) < 4.78 is 0. The molecule has 7 atom stereocenters. The zero-order valence-electron chi connectivity index (χ0n) is 23.2. The van der Waals surface area contributed by atoms with Crippen LogP contribution in [0, 0.1) is 53.3 Å². The predicted molar refractivity (Wildman–Crippen MR) is 147 cm³/mol. The molecule has 0 aromatic heterocycles. The molecule has 33 heavy (non-hydrogen) atoms. The third-order valence-electron chi connectivity index (χ3n) is 10.0. The fourth-order valence-corrected chi connectivity index (χ4v) is 7.89. The summed E-state index contributed by atoms with van der Waals surface area (Å²) in [5, 5.41) is 0. The summed E-state index contributed by atoms with van der Waals surface area (Å²) >= 11 is 0. The summed E-state index contributed by atoms with van der Waals surface area (Å²) in [5.74, 6) is 7.58. The Hall–Kier alpha value is -0.520. The number of hydrogen-bond acceptors (Lipinski definition) is 0. The van der Waals surface area contributed by atoms with E-state index in [9.17, 15) is 0 Å². The van der Waals surface area contributed by atoms with Crippen LogP contribution in [0.25, 0.3) is 0 Å². The Kier molecular flexibility index (Phi) is 10.6. The lowest BCUT2D eigenvalue weighted by Gasteiger charge is -2.52. The minimum absolute atomic E-state index is 0.760. The summed E-state index contributed by atoms with van der Waals surface area (Å²) in [7, 11) is 0. The van der Waals surface area contributed by atoms with Gasteiger partial charge in [-0.3, -0.25) is 0 Å². The second-order valence-corrected chi connectivity index (χ2v) is 13.6. The lowest BCUT2D eigenvalue weighted by Crippen LogP contribution is -2.42. The maximum Gasteiger partial charge on any atom is -0.0135 e. The molecule has 0 aliphatic heterocycles. The molecule has 0 bridgehead atoms. The summed E-state index contributed by atoms with van der Waals surface area (Å²) in [6.07, 6.45) is 21.4. The van der Waals surface area contributed by atoms with Gasteiger partial charge in [0.1, 0.15) is 0 Å². The third kappa shape index (κ3) is 7.73. The van der Waals surface area contributed by atoms with Crippen molar-refractivity contribution < 1.29 is 0 Å². The van der Waals surface area contributed by atoms with Crippen molar-refractivity contribution in [3.8, 4) is 0 Å². The highest BCUT2D eigenvalue weighted by molar-refractivity contribution is 5.28. The third-order valence-corrected chi connectivity index (χ3v) is 10.0. The summed E-state index contributed by atoms with van der Waals surface area (Å²) in [6, 6.07) is 0. The van der Waals surface area contributed by atoms with Crippen LogP contribution in [-0.4, -0.2) is 0 Å². The molecular weight excluding hydrogens is 396 g/mol. The second-order valence-electron chi connectivity index (χ2n) is 13.6. The van der Waals surface area contributed by atoms with Gasteiger partial charge in [-0.2, -0.15) is 0 Å². The molecule has 0 radical (unpaired) electrons. The van der Waals surface area contributed by atoms with E-state index in [2.05, 4.69) is 34.6 Å². The highest BCUT2D eigenvalue weighted by atomic mass is 14.5. The van der Waals surface area contributed by atoms with Gasteiger partial charge in [0.25, 0.3) is 0 Å². The van der Waals surface area contributed by atoms with Crippen LogP contribution in [0.15, 0.2) is 24.3 Å². The number of fused-ring (bicyclic) bond motifs is 2. The van der Waals surface area contributed by atoms with E-state index < -0.39 is 0 Å². The molecule has 0 N–H and O–H groups in total. The topological polar surface area (TPSA) is 0 Å². The van der Waals surface area contributed by atoms with Crippen molar-refractivity contribution in [2.24, 2.45) is 53.3 Å². The van der Waals surface area contributed by atoms with Gasteiger partial charge in [0.15, 0.2) is 0 Å². The molecule has 0 amide bonds. The van der Waals surface area contributed by atoms with Gasteiger partial charge < -0.3 is 0 Å². The molecule has 0 aromatic rings. The molecule has 7 unspecified atom stereocenters. The van der Waals surface area contributed by atoms with Gasteiger partial charge >= 0.3 is 0 Å². The van der Waals surface area contributed by atoms with Crippen molar-refractivity contribution in [1.82, 2.24) is 0 Å². The lowest BCUT2D eigenvalue weighted by molar-refractivity contribution is 0.118. The monoisotopic (exact) mass is 454 g/mol. The summed E-state index contributed by atoms with van der Waals surface area (Å²) in [4.78, 5) is 0. The minimum atomic E-state index is 0.760. The van der Waals surface area contributed by atoms with Gasteiger partial charge in [-0.15, -0.1) is 0 Å². The Morgan fingerprint density at radius 3 is 1.52 bits per heavy atom. The van der Waals surface area contributed by atoms with Crippen molar-refractivity contribution in [3.63, 3.8) is 0 Å². The second kappa shape index (κ2) is 13.0. The smallest absolute Gasteiger partial charge is 0.0135 e. The molecule has 3 aliphatic rings. The number of rotatable bonds is 12. The summed E-state index contributed by atoms with van der Waals surface area (Å²) in [5.41, 5.74) is 3.31. The zero-order valence-corrected chi connectivity index (χ0v) is 23.2. The van der Waals surface area contributed by atoms with Gasteiger partial charge in [-0.05, 0) is 91.8 Å². The first kappa shape index (κ1) is 27.1. The van der Waals surface area contributed by atoms with Crippen LogP contribution in [0.2, 0.25) is 0 Å². The highest BCUT2D eigenvalue weighted by Crippen LogP contribution is 2.57. The molecule has 3 rings (SSSR count). The Morgan fingerprint density at radius 1 is 0.576 bits per heavy atom. The molecule has 3 fully saturated rings. The quantitative estimate of drug-likeness (QED) is 0.257. The van der Waals surface area contributed by atoms with Crippen LogP contribution in [0.3, 0.4) is 0 Å². The molecule has 0 nitrogen and oxygen atoms in total. The van der Waals surface area contributed by atoms with E-state index in [1.54, 1.807) is 11.1 Å². The normalized spacial score (nSPS) is 33.3. The van der Waals surface area contributed by atoms with Gasteiger partial charge in [0.05, 0.1) is 0 Å². The SMILES string of the molecule is C=C1C2CCC(CCCC(C)C)CC2C(=C)C2CC(CCCC(C)CCCC(C)C)CCC12. The molecule has 3 saturated carbocycles. The van der Waals surface area contributed by atoms with Crippen LogP contribution in [-0.2, 0) is 0 Å². The van der Waals surface area contributed by atoms with Crippen LogP contribution in [0.5, 0.6) is 0 Å². The Labute approximate surface area is 208 Å². The van der Waals surface area contributed by atoms with E-state index in [0.29, 0.717) is 0 Å². The molecule has 0 heterocycles. The van der Waals surface area contributed by atoms with Crippen molar-refractivity contribution in [2.45, 2.75) is 131 Å².